The number of carbonyl (C=O) groups is 5. The van der Waals surface area contributed by atoms with E-state index in [1.54, 1.807) is 25.1 Å². The fourth-order valence-electron chi connectivity index (χ4n) is 4.12. The first kappa shape index (κ1) is 26.6. The molecule has 2 aromatic rings. The lowest BCUT2D eigenvalue weighted by molar-refractivity contribution is -0.140. The van der Waals surface area contributed by atoms with Gasteiger partial charge < -0.3 is 30.6 Å². The molecule has 0 radical (unpaired) electrons. The molecular formula is C23H31N7O6. The number of methoxy groups -OCH3 is 1. The Labute approximate surface area is 207 Å². The molecule has 2 unspecified atom stereocenters. The minimum Gasteiger partial charge on any atom is -0.494 e. The monoisotopic (exact) mass is 501 g/mol. The van der Waals surface area contributed by atoms with E-state index >= 15 is 0 Å². The second kappa shape index (κ2) is 11.2. The van der Waals surface area contributed by atoms with Crippen LogP contribution < -0.4 is 26.0 Å². The molecule has 1 aliphatic heterocycles. The number of H-pyrrole nitrogens is 1. The molecule has 4 amide bonds. The van der Waals surface area contributed by atoms with Gasteiger partial charge in [0.2, 0.25) is 5.78 Å². The summed E-state index contributed by atoms with van der Waals surface area (Å²) in [6.45, 7) is 3.62. The number of carbonyl (C=O) groups excluding carboxylic acids is 5. The number of ether oxygens (including phenoxy) is 1. The minimum atomic E-state index is -1.71. The van der Waals surface area contributed by atoms with Crippen LogP contribution in [0.25, 0.3) is 11.0 Å². The lowest BCUT2D eigenvalue weighted by Crippen LogP contribution is -2.69. The highest BCUT2D eigenvalue weighted by Crippen LogP contribution is 2.23. The molecule has 0 spiro atoms. The molecule has 1 aliphatic rings. The standard InChI is InChI=1S/C23H31N7O6/c1-5-9-23(13(2)31,28-15(18(32)20(33)24-3)12-30-11-10-25-22(30)35)29-21(34)19-26-14-7-6-8-16(36-4)17(14)27-19/h6-8,15,28H,5,9-12H2,1-4H3,(H,24,33)(H,25,35)(H,26,27)(H,29,34). The van der Waals surface area contributed by atoms with Crippen LogP contribution in [0.5, 0.6) is 5.75 Å². The zero-order chi connectivity index (χ0) is 26.5. The normalized spacial score (nSPS) is 15.7. The Kier molecular flexibility index (Phi) is 8.25. The highest BCUT2D eigenvalue weighted by atomic mass is 16.5. The Morgan fingerprint density at radius 2 is 2.03 bits per heavy atom. The molecule has 13 heteroatoms. The number of amides is 4. The summed E-state index contributed by atoms with van der Waals surface area (Å²) in [5.41, 5.74) is -0.710. The average Bonchev–Trinajstić information content (AvgIpc) is 3.48. The lowest BCUT2D eigenvalue weighted by atomic mass is 9.96. The number of fused-ring (bicyclic) bond motifs is 1. The third kappa shape index (κ3) is 5.46. The van der Waals surface area contributed by atoms with E-state index in [-0.39, 0.29) is 18.8 Å². The molecule has 2 heterocycles. The van der Waals surface area contributed by atoms with Crippen LogP contribution in [-0.2, 0) is 14.4 Å². The van der Waals surface area contributed by atoms with Crippen LogP contribution in [-0.4, -0.2) is 89.8 Å². The highest BCUT2D eigenvalue weighted by molar-refractivity contribution is 6.38. The third-order valence-corrected chi connectivity index (χ3v) is 6.00. The molecule has 0 aliphatic carbocycles. The molecule has 1 fully saturated rings. The number of urea groups is 1. The number of benzene rings is 1. The number of likely N-dealkylation sites (N-methyl/N-ethyl adjacent to an activating group) is 1. The predicted octanol–water partition coefficient (Wildman–Crippen LogP) is -0.315. The molecule has 194 valence electrons. The molecule has 36 heavy (non-hydrogen) atoms. The molecule has 1 aromatic heterocycles. The van der Waals surface area contributed by atoms with E-state index in [0.717, 1.165) is 0 Å². The van der Waals surface area contributed by atoms with Gasteiger partial charge in [-0.25, -0.2) is 9.78 Å². The van der Waals surface area contributed by atoms with Crippen molar-refractivity contribution >= 4 is 40.4 Å². The van der Waals surface area contributed by atoms with E-state index in [2.05, 4.69) is 31.2 Å². The molecule has 0 saturated carbocycles. The minimum absolute atomic E-state index is 0.0638. The van der Waals surface area contributed by atoms with Gasteiger partial charge in [0.05, 0.1) is 18.7 Å². The van der Waals surface area contributed by atoms with Crippen LogP contribution in [0.4, 0.5) is 4.79 Å². The van der Waals surface area contributed by atoms with Crippen LogP contribution in [0.15, 0.2) is 18.2 Å². The number of nitrogens with one attached hydrogen (secondary N) is 5. The van der Waals surface area contributed by atoms with Crippen LogP contribution in [0.3, 0.4) is 0 Å². The molecule has 5 N–H and O–H groups in total. The van der Waals surface area contributed by atoms with Crippen molar-refractivity contribution in [3.63, 3.8) is 0 Å². The number of hydrogen-bond acceptors (Lipinski definition) is 8. The van der Waals surface area contributed by atoms with E-state index < -0.39 is 41.1 Å². The quantitative estimate of drug-likeness (QED) is 0.194. The molecule has 1 aromatic carbocycles. The van der Waals surface area contributed by atoms with Gasteiger partial charge in [0.15, 0.2) is 17.3 Å². The lowest BCUT2D eigenvalue weighted by Gasteiger charge is -2.37. The van der Waals surface area contributed by atoms with E-state index in [9.17, 15) is 24.0 Å². The number of aromatic nitrogens is 2. The fourth-order valence-corrected chi connectivity index (χ4v) is 4.12. The van der Waals surface area contributed by atoms with Crippen molar-refractivity contribution in [1.82, 2.24) is 36.1 Å². The van der Waals surface area contributed by atoms with Crippen molar-refractivity contribution in [2.75, 3.05) is 33.8 Å². The number of nitrogens with zero attached hydrogens (tertiary/aromatic N) is 2. The van der Waals surface area contributed by atoms with Gasteiger partial charge in [0.1, 0.15) is 11.3 Å². The number of rotatable bonds is 12. The van der Waals surface area contributed by atoms with Crippen molar-refractivity contribution in [2.45, 2.75) is 38.4 Å². The Morgan fingerprint density at radius 1 is 1.28 bits per heavy atom. The van der Waals surface area contributed by atoms with Crippen LogP contribution >= 0.6 is 0 Å². The molecule has 0 bridgehead atoms. The van der Waals surface area contributed by atoms with Gasteiger partial charge in [-0.1, -0.05) is 19.4 Å². The van der Waals surface area contributed by atoms with Crippen LogP contribution in [0.2, 0.25) is 0 Å². The third-order valence-electron chi connectivity index (χ3n) is 6.00. The SMILES string of the molecule is CCCC(NC(=O)c1nc2c(OC)cccc2[nH]1)(NC(CN1CCNC1=O)C(=O)C(=O)NC)C(C)=O. The molecule has 3 rings (SSSR count). The Bertz CT molecular complexity index is 1180. The van der Waals surface area contributed by atoms with Gasteiger partial charge in [0.25, 0.3) is 11.8 Å². The number of imidazole rings is 1. The van der Waals surface area contributed by atoms with E-state index in [4.69, 9.17) is 4.74 Å². The smallest absolute Gasteiger partial charge is 0.317 e. The Hall–Kier alpha value is -4.00. The first-order chi connectivity index (χ1) is 17.2. The van der Waals surface area contributed by atoms with Gasteiger partial charge in [-0.15, -0.1) is 0 Å². The summed E-state index contributed by atoms with van der Waals surface area (Å²) in [6.07, 6.45) is 0.563. The van der Waals surface area contributed by atoms with E-state index in [1.807, 2.05) is 0 Å². The summed E-state index contributed by atoms with van der Waals surface area (Å²) in [5, 5.41) is 10.5. The van der Waals surface area contributed by atoms with Gasteiger partial charge in [-0.2, -0.15) is 0 Å². The van der Waals surface area contributed by atoms with Crippen molar-refractivity contribution in [3.8, 4) is 5.75 Å². The van der Waals surface area contributed by atoms with Gasteiger partial charge in [-0.3, -0.25) is 24.5 Å². The first-order valence-electron chi connectivity index (χ1n) is 11.6. The van der Waals surface area contributed by atoms with E-state index in [0.29, 0.717) is 36.3 Å². The highest BCUT2D eigenvalue weighted by Gasteiger charge is 2.42. The zero-order valence-electron chi connectivity index (χ0n) is 20.7. The van der Waals surface area contributed by atoms with E-state index in [1.165, 1.54) is 26.0 Å². The number of para-hydroxylation sites is 1. The Morgan fingerprint density at radius 3 is 2.61 bits per heavy atom. The van der Waals surface area contributed by atoms with Crippen molar-refractivity contribution in [1.29, 1.82) is 0 Å². The predicted molar refractivity (Wildman–Crippen MR) is 129 cm³/mol. The molecule has 2 atom stereocenters. The molecular weight excluding hydrogens is 470 g/mol. The van der Waals surface area contributed by atoms with Gasteiger partial charge in [-0.05, 0) is 25.5 Å². The van der Waals surface area contributed by atoms with Crippen molar-refractivity contribution in [2.24, 2.45) is 0 Å². The maximum absolute atomic E-state index is 13.3. The zero-order valence-corrected chi connectivity index (χ0v) is 20.7. The fraction of sp³-hybridized carbons (Fsp3) is 0.478. The number of hydrogen-bond donors (Lipinski definition) is 5. The summed E-state index contributed by atoms with van der Waals surface area (Å²) in [7, 11) is 2.79. The maximum atomic E-state index is 13.3. The van der Waals surface area contributed by atoms with Gasteiger partial charge >= 0.3 is 6.03 Å². The number of ketones is 2. The topological polar surface area (TPSA) is 175 Å². The Balaban J connectivity index is 1.95. The summed E-state index contributed by atoms with van der Waals surface area (Å²) in [4.78, 5) is 72.1. The summed E-state index contributed by atoms with van der Waals surface area (Å²) < 4.78 is 5.29. The second-order valence-corrected chi connectivity index (χ2v) is 8.43. The summed E-state index contributed by atoms with van der Waals surface area (Å²) in [6, 6.07) is 3.51. The molecule has 13 nitrogen and oxygen atoms in total. The van der Waals surface area contributed by atoms with Crippen LogP contribution in [0, 0.1) is 0 Å². The van der Waals surface area contributed by atoms with Crippen LogP contribution in [0.1, 0.15) is 37.3 Å². The largest absolute Gasteiger partial charge is 0.494 e. The molecule has 1 saturated heterocycles. The average molecular weight is 502 g/mol. The van der Waals surface area contributed by atoms with Crippen molar-refractivity contribution < 1.29 is 28.7 Å². The van der Waals surface area contributed by atoms with Gasteiger partial charge in [0, 0.05) is 26.7 Å². The first-order valence-corrected chi connectivity index (χ1v) is 11.6. The second-order valence-electron chi connectivity index (χ2n) is 8.43. The summed E-state index contributed by atoms with van der Waals surface area (Å²) in [5.74, 6) is -2.54. The number of Topliss-reactive ketones (excluding diaryl/α,β-unsaturated/α-hetero) is 2. The maximum Gasteiger partial charge on any atom is 0.317 e. The summed E-state index contributed by atoms with van der Waals surface area (Å²) >= 11 is 0. The van der Waals surface area contributed by atoms with Crippen molar-refractivity contribution in [3.05, 3.63) is 24.0 Å². The number of aromatic amines is 1.